The summed E-state index contributed by atoms with van der Waals surface area (Å²) in [5.74, 6) is 0.570. The van der Waals surface area contributed by atoms with Gasteiger partial charge in [0.05, 0.1) is 4.90 Å². The van der Waals surface area contributed by atoms with E-state index in [9.17, 15) is 13.2 Å². The van der Waals surface area contributed by atoms with E-state index in [4.69, 9.17) is 4.74 Å². The van der Waals surface area contributed by atoms with E-state index in [0.717, 1.165) is 15.6 Å². The van der Waals surface area contributed by atoms with E-state index in [2.05, 4.69) is 39.8 Å². The van der Waals surface area contributed by atoms with Gasteiger partial charge in [0.25, 0.3) is 5.91 Å². The highest BCUT2D eigenvalue weighted by atomic mass is 79.9. The van der Waals surface area contributed by atoms with E-state index in [1.165, 1.54) is 12.1 Å². The number of amides is 1. The van der Waals surface area contributed by atoms with Gasteiger partial charge in [-0.05, 0) is 59.5 Å². The van der Waals surface area contributed by atoms with Gasteiger partial charge >= 0.3 is 0 Å². The van der Waals surface area contributed by atoms with Crippen molar-refractivity contribution in [2.45, 2.75) is 31.2 Å². The molecule has 0 aliphatic carbocycles. The molecule has 0 spiro atoms. The van der Waals surface area contributed by atoms with Crippen LogP contribution in [0.5, 0.6) is 5.75 Å². The average molecular weight is 517 g/mol. The van der Waals surface area contributed by atoms with Crippen LogP contribution in [-0.2, 0) is 21.4 Å². The molecule has 1 amide bonds. The van der Waals surface area contributed by atoms with E-state index < -0.39 is 10.0 Å². The molecule has 0 bridgehead atoms. The number of benzene rings is 3. The van der Waals surface area contributed by atoms with Crippen LogP contribution in [0.1, 0.15) is 30.9 Å². The molecule has 0 heterocycles. The third-order valence-electron chi connectivity index (χ3n) is 4.71. The molecule has 3 aromatic rings. The smallest absolute Gasteiger partial charge is 0.262 e. The second-order valence-corrected chi connectivity index (χ2v) is 10.2. The Balaban J connectivity index is 1.56. The molecular formula is C24H25BrN2O4S. The predicted octanol–water partition coefficient (Wildman–Crippen LogP) is 5.07. The summed E-state index contributed by atoms with van der Waals surface area (Å²) in [6.45, 7) is 4.16. The monoisotopic (exact) mass is 516 g/mol. The topological polar surface area (TPSA) is 84.5 Å². The van der Waals surface area contributed by atoms with Crippen molar-refractivity contribution in [3.8, 4) is 5.75 Å². The van der Waals surface area contributed by atoms with Crippen molar-refractivity contribution in [1.29, 1.82) is 0 Å². The predicted molar refractivity (Wildman–Crippen MR) is 129 cm³/mol. The van der Waals surface area contributed by atoms with Crippen molar-refractivity contribution in [3.05, 3.63) is 88.4 Å². The highest BCUT2D eigenvalue weighted by Crippen LogP contribution is 2.29. The van der Waals surface area contributed by atoms with E-state index in [-0.39, 0.29) is 29.9 Å². The first-order valence-electron chi connectivity index (χ1n) is 10.1. The van der Waals surface area contributed by atoms with Crippen LogP contribution in [0.3, 0.4) is 0 Å². The van der Waals surface area contributed by atoms with Gasteiger partial charge in [0.1, 0.15) is 5.75 Å². The summed E-state index contributed by atoms with van der Waals surface area (Å²) in [5, 5.41) is 2.72. The first-order chi connectivity index (χ1) is 15.2. The Hall–Kier alpha value is -2.68. The molecule has 0 aliphatic heterocycles. The fraction of sp³-hybridized carbons (Fsp3) is 0.208. The zero-order chi connectivity index (χ0) is 23.1. The Morgan fingerprint density at radius 3 is 2.34 bits per heavy atom. The maximum atomic E-state index is 12.5. The van der Waals surface area contributed by atoms with E-state index in [0.29, 0.717) is 11.4 Å². The third-order valence-corrected chi connectivity index (χ3v) is 6.62. The molecule has 6 nitrogen and oxygen atoms in total. The van der Waals surface area contributed by atoms with Gasteiger partial charge in [0.2, 0.25) is 10.0 Å². The molecule has 3 aromatic carbocycles. The zero-order valence-corrected chi connectivity index (χ0v) is 20.2. The standard InChI is InChI=1S/C24H25BrN2O4S/c1-17(2)22-14-19(25)8-13-23(22)31-16-24(28)27-20-9-11-21(12-10-20)32(29,30)26-15-18-6-4-3-5-7-18/h3-14,17,26H,15-16H2,1-2H3,(H,27,28). The Labute approximate surface area is 197 Å². The fourth-order valence-electron chi connectivity index (χ4n) is 3.02. The quantitative estimate of drug-likeness (QED) is 0.415. The summed E-state index contributed by atoms with van der Waals surface area (Å²) in [7, 11) is -3.66. The van der Waals surface area contributed by atoms with Gasteiger partial charge in [-0.2, -0.15) is 0 Å². The third kappa shape index (κ3) is 6.66. The van der Waals surface area contributed by atoms with Crippen molar-refractivity contribution >= 4 is 37.5 Å². The number of hydrogen-bond donors (Lipinski definition) is 2. The van der Waals surface area contributed by atoms with Crippen LogP contribution < -0.4 is 14.8 Å². The summed E-state index contributed by atoms with van der Waals surface area (Å²) in [6, 6.07) is 21.0. The Kier molecular flexibility index (Phi) is 8.06. The van der Waals surface area contributed by atoms with Gasteiger partial charge in [0.15, 0.2) is 6.61 Å². The van der Waals surface area contributed by atoms with Crippen LogP contribution >= 0.6 is 15.9 Å². The summed E-state index contributed by atoms with van der Waals surface area (Å²) < 4.78 is 34.2. The summed E-state index contributed by atoms with van der Waals surface area (Å²) in [4.78, 5) is 12.4. The molecule has 32 heavy (non-hydrogen) atoms. The van der Waals surface area contributed by atoms with Crippen molar-refractivity contribution in [1.82, 2.24) is 4.72 Å². The molecule has 8 heteroatoms. The zero-order valence-electron chi connectivity index (χ0n) is 17.8. The minimum absolute atomic E-state index is 0.124. The molecule has 3 rings (SSSR count). The minimum atomic E-state index is -3.66. The van der Waals surface area contributed by atoms with Crippen LogP contribution in [0.25, 0.3) is 0 Å². The van der Waals surface area contributed by atoms with Gasteiger partial charge < -0.3 is 10.1 Å². The van der Waals surface area contributed by atoms with Crippen molar-refractivity contribution in [2.75, 3.05) is 11.9 Å². The second-order valence-electron chi connectivity index (χ2n) is 7.51. The van der Waals surface area contributed by atoms with E-state index >= 15 is 0 Å². The molecule has 0 saturated carbocycles. The number of carbonyl (C=O) groups is 1. The largest absolute Gasteiger partial charge is 0.483 e. The highest BCUT2D eigenvalue weighted by molar-refractivity contribution is 9.10. The lowest BCUT2D eigenvalue weighted by molar-refractivity contribution is -0.118. The van der Waals surface area contributed by atoms with Gasteiger partial charge in [-0.25, -0.2) is 13.1 Å². The van der Waals surface area contributed by atoms with Gasteiger partial charge in [0, 0.05) is 16.7 Å². The molecular weight excluding hydrogens is 492 g/mol. The first kappa shape index (κ1) is 24.0. The van der Waals surface area contributed by atoms with Crippen LogP contribution in [0.15, 0.2) is 82.2 Å². The van der Waals surface area contributed by atoms with Crippen molar-refractivity contribution < 1.29 is 17.9 Å². The number of ether oxygens (including phenoxy) is 1. The lowest BCUT2D eigenvalue weighted by Crippen LogP contribution is -2.23. The summed E-state index contributed by atoms with van der Waals surface area (Å²) >= 11 is 3.45. The SMILES string of the molecule is CC(C)c1cc(Br)ccc1OCC(=O)Nc1ccc(S(=O)(=O)NCc2ccccc2)cc1. The minimum Gasteiger partial charge on any atom is -0.483 e. The number of anilines is 1. The molecule has 0 aliphatic rings. The van der Waals surface area contributed by atoms with Gasteiger partial charge in [-0.3, -0.25) is 4.79 Å². The maximum absolute atomic E-state index is 12.5. The maximum Gasteiger partial charge on any atom is 0.262 e. The molecule has 0 radical (unpaired) electrons. The van der Waals surface area contributed by atoms with Crippen LogP contribution in [0.4, 0.5) is 5.69 Å². The first-order valence-corrected chi connectivity index (χ1v) is 12.4. The highest BCUT2D eigenvalue weighted by Gasteiger charge is 2.14. The molecule has 0 atom stereocenters. The van der Waals surface area contributed by atoms with E-state index in [1.807, 2.05) is 48.5 Å². The Morgan fingerprint density at radius 2 is 1.69 bits per heavy atom. The number of halogens is 1. The normalized spacial score (nSPS) is 11.4. The van der Waals surface area contributed by atoms with Crippen LogP contribution in [-0.4, -0.2) is 20.9 Å². The molecule has 0 aromatic heterocycles. The van der Waals surface area contributed by atoms with Crippen molar-refractivity contribution in [2.24, 2.45) is 0 Å². The number of nitrogens with one attached hydrogen (secondary N) is 2. The molecule has 168 valence electrons. The molecule has 0 saturated heterocycles. The Morgan fingerprint density at radius 1 is 1.00 bits per heavy atom. The number of hydrogen-bond acceptors (Lipinski definition) is 4. The van der Waals surface area contributed by atoms with E-state index in [1.54, 1.807) is 12.1 Å². The molecule has 0 unspecified atom stereocenters. The fourth-order valence-corrected chi connectivity index (χ4v) is 4.41. The van der Waals surface area contributed by atoms with Gasteiger partial charge in [-0.15, -0.1) is 0 Å². The average Bonchev–Trinajstić information content (AvgIpc) is 2.78. The number of rotatable bonds is 9. The lowest BCUT2D eigenvalue weighted by Gasteiger charge is -2.14. The molecule has 2 N–H and O–H groups in total. The molecule has 0 fully saturated rings. The van der Waals surface area contributed by atoms with Crippen LogP contribution in [0, 0.1) is 0 Å². The Bertz CT molecular complexity index is 1160. The second kappa shape index (κ2) is 10.8. The lowest BCUT2D eigenvalue weighted by atomic mass is 10.0. The van der Waals surface area contributed by atoms with Gasteiger partial charge in [-0.1, -0.05) is 60.1 Å². The van der Waals surface area contributed by atoms with Crippen molar-refractivity contribution in [3.63, 3.8) is 0 Å². The summed E-state index contributed by atoms with van der Waals surface area (Å²) in [5.41, 5.74) is 2.36. The summed E-state index contributed by atoms with van der Waals surface area (Å²) in [6.07, 6.45) is 0. The number of carbonyl (C=O) groups excluding carboxylic acids is 1. The number of sulfonamides is 1. The van der Waals surface area contributed by atoms with Crippen LogP contribution in [0.2, 0.25) is 0 Å².